The number of rotatable bonds is 3. The number of hydrogen-bond donors (Lipinski definition) is 2. The number of fused-ring (bicyclic) bond motifs is 1. The van der Waals surface area contributed by atoms with Gasteiger partial charge >= 0.3 is 0 Å². The molecule has 4 rings (SSSR count). The van der Waals surface area contributed by atoms with Gasteiger partial charge in [0.2, 0.25) is 0 Å². The van der Waals surface area contributed by atoms with E-state index >= 15 is 0 Å². The summed E-state index contributed by atoms with van der Waals surface area (Å²) in [6.45, 7) is 0.428. The Bertz CT molecular complexity index is 1060. The van der Waals surface area contributed by atoms with Gasteiger partial charge in [0.05, 0.1) is 17.7 Å². The molecule has 0 bridgehead atoms. The molecule has 3 aromatic heterocycles. The van der Waals surface area contributed by atoms with Crippen molar-refractivity contribution in [2.45, 2.75) is 6.54 Å². The van der Waals surface area contributed by atoms with Crippen LogP contribution in [0.15, 0.2) is 42.0 Å². The lowest BCUT2D eigenvalue weighted by Crippen LogP contribution is -2.13. The minimum Gasteiger partial charge on any atom is -0.333 e. The normalized spacial score (nSPS) is 11.2. The number of nitrogens with one attached hydrogen (secondary N) is 2. The second-order valence-corrected chi connectivity index (χ2v) is 6.94. The van der Waals surface area contributed by atoms with E-state index in [1.54, 1.807) is 29.8 Å². The van der Waals surface area contributed by atoms with E-state index in [0.717, 1.165) is 16.3 Å². The fraction of sp³-hybridized carbons (Fsp3) is 0.0625. The first-order valence-corrected chi connectivity index (χ1v) is 8.73. The molecule has 1 aromatic carbocycles. The number of hydrogen-bond acceptors (Lipinski definition) is 4. The zero-order valence-electron chi connectivity index (χ0n) is 12.3. The molecule has 120 valence electrons. The average molecular weight is 376 g/mol. The lowest BCUT2D eigenvalue weighted by molar-refractivity contribution is 0.784. The molecule has 0 aliphatic rings. The average Bonchev–Trinajstić information content (AvgIpc) is 3.22. The van der Waals surface area contributed by atoms with E-state index in [9.17, 15) is 0 Å². The monoisotopic (exact) mass is 375 g/mol. The van der Waals surface area contributed by atoms with Crippen LogP contribution in [0.2, 0.25) is 10.0 Å². The van der Waals surface area contributed by atoms with Gasteiger partial charge in [-0.1, -0.05) is 35.3 Å². The van der Waals surface area contributed by atoms with E-state index < -0.39 is 0 Å². The van der Waals surface area contributed by atoms with Gasteiger partial charge in [0.1, 0.15) is 5.52 Å². The fourth-order valence-electron chi connectivity index (χ4n) is 2.48. The standard InChI is InChI=1S/C16H11Cl2N5S/c17-10-3-1-4-11(18)9(10)7-23-8-20-14(19)13-16(23)22-15(21-13)12-5-2-6-24-12/h1-6,8,19H,7H2,(H,21,22). The smallest absolute Gasteiger partial charge is 0.173 e. The first-order valence-electron chi connectivity index (χ1n) is 7.10. The Balaban J connectivity index is 1.87. The van der Waals surface area contributed by atoms with E-state index in [1.165, 1.54) is 0 Å². The van der Waals surface area contributed by atoms with Gasteiger partial charge in [-0.15, -0.1) is 11.3 Å². The van der Waals surface area contributed by atoms with Gasteiger partial charge in [-0.2, -0.15) is 0 Å². The Hall–Kier alpha value is -2.15. The molecule has 0 spiro atoms. The first kappa shape index (κ1) is 15.4. The van der Waals surface area contributed by atoms with Gasteiger partial charge in [-0.05, 0) is 23.6 Å². The van der Waals surface area contributed by atoms with Crippen LogP contribution in [0.1, 0.15) is 5.56 Å². The highest BCUT2D eigenvalue weighted by atomic mass is 35.5. The molecule has 0 saturated carbocycles. The summed E-state index contributed by atoms with van der Waals surface area (Å²) < 4.78 is 1.84. The van der Waals surface area contributed by atoms with Crippen molar-refractivity contribution in [1.29, 1.82) is 5.41 Å². The molecule has 0 radical (unpaired) electrons. The molecule has 0 amide bonds. The van der Waals surface area contributed by atoms with Crippen LogP contribution < -0.4 is 5.49 Å². The summed E-state index contributed by atoms with van der Waals surface area (Å²) in [6.07, 6.45) is 1.59. The molecular formula is C16H11Cl2N5S. The van der Waals surface area contributed by atoms with E-state index in [2.05, 4.69) is 15.0 Å². The zero-order valence-corrected chi connectivity index (χ0v) is 14.6. The van der Waals surface area contributed by atoms with E-state index in [-0.39, 0.29) is 5.49 Å². The van der Waals surface area contributed by atoms with Gasteiger partial charge in [-0.25, -0.2) is 9.97 Å². The molecule has 3 heterocycles. The lowest BCUT2D eigenvalue weighted by Gasteiger charge is -2.10. The highest BCUT2D eigenvalue weighted by Crippen LogP contribution is 2.27. The number of thiophene rings is 1. The van der Waals surface area contributed by atoms with Gasteiger partial charge in [-0.3, -0.25) is 5.41 Å². The maximum absolute atomic E-state index is 8.02. The van der Waals surface area contributed by atoms with Gasteiger partial charge in [0, 0.05) is 15.6 Å². The molecule has 0 fully saturated rings. The first-order chi connectivity index (χ1) is 11.6. The Labute approximate surface area is 151 Å². The third-order valence-corrected chi connectivity index (χ3v) is 5.25. The minimum atomic E-state index is 0.154. The van der Waals surface area contributed by atoms with Gasteiger partial charge in [0.25, 0.3) is 0 Å². The maximum atomic E-state index is 8.02. The Morgan fingerprint density at radius 3 is 2.67 bits per heavy atom. The SMILES string of the molecule is N=c1ncn(Cc2c(Cl)cccc2Cl)c2nc(-c3cccs3)[nH]c12. The van der Waals surface area contributed by atoms with Crippen molar-refractivity contribution in [2.24, 2.45) is 0 Å². The van der Waals surface area contributed by atoms with Crippen LogP contribution in [0.3, 0.4) is 0 Å². The molecule has 0 aliphatic carbocycles. The van der Waals surface area contributed by atoms with E-state index in [1.807, 2.05) is 28.1 Å². The van der Waals surface area contributed by atoms with Gasteiger partial charge in [0.15, 0.2) is 17.0 Å². The van der Waals surface area contributed by atoms with E-state index in [0.29, 0.717) is 27.8 Å². The predicted molar refractivity (Wildman–Crippen MR) is 96.6 cm³/mol. The molecule has 4 aromatic rings. The molecule has 0 unspecified atom stereocenters. The second-order valence-electron chi connectivity index (χ2n) is 5.18. The second kappa shape index (κ2) is 6.05. The van der Waals surface area contributed by atoms with E-state index in [4.69, 9.17) is 28.6 Å². The predicted octanol–water partition coefficient (Wildman–Crippen LogP) is 4.32. The molecule has 2 N–H and O–H groups in total. The van der Waals surface area contributed by atoms with Crippen molar-refractivity contribution in [3.8, 4) is 10.7 Å². The molecule has 8 heteroatoms. The topological polar surface area (TPSA) is 70.3 Å². The van der Waals surface area contributed by atoms with Crippen LogP contribution in [-0.4, -0.2) is 19.5 Å². The minimum absolute atomic E-state index is 0.154. The molecule has 24 heavy (non-hydrogen) atoms. The Morgan fingerprint density at radius 2 is 1.96 bits per heavy atom. The van der Waals surface area contributed by atoms with Crippen molar-refractivity contribution in [3.05, 3.63) is 63.1 Å². The summed E-state index contributed by atoms with van der Waals surface area (Å²) >= 11 is 14.1. The van der Waals surface area contributed by atoms with Crippen molar-refractivity contribution < 1.29 is 0 Å². The maximum Gasteiger partial charge on any atom is 0.173 e. The van der Waals surface area contributed by atoms with Crippen molar-refractivity contribution in [2.75, 3.05) is 0 Å². The highest BCUT2D eigenvalue weighted by Gasteiger charge is 2.13. The van der Waals surface area contributed by atoms with Crippen LogP contribution in [0.5, 0.6) is 0 Å². The molecule has 0 aliphatic heterocycles. The summed E-state index contributed by atoms with van der Waals surface area (Å²) in [6, 6.07) is 9.35. The van der Waals surface area contributed by atoms with Crippen molar-refractivity contribution in [3.63, 3.8) is 0 Å². The van der Waals surface area contributed by atoms with Crippen LogP contribution in [-0.2, 0) is 6.54 Å². The molecule has 0 saturated heterocycles. The highest BCUT2D eigenvalue weighted by molar-refractivity contribution is 7.13. The fourth-order valence-corrected chi connectivity index (χ4v) is 3.67. The quantitative estimate of drug-likeness (QED) is 0.559. The largest absolute Gasteiger partial charge is 0.333 e. The van der Waals surface area contributed by atoms with Crippen LogP contribution in [0, 0.1) is 5.41 Å². The van der Waals surface area contributed by atoms with Crippen LogP contribution in [0.4, 0.5) is 0 Å². The third kappa shape index (κ3) is 2.62. The summed E-state index contributed by atoms with van der Waals surface area (Å²) in [7, 11) is 0. The van der Waals surface area contributed by atoms with Crippen molar-refractivity contribution in [1.82, 2.24) is 19.5 Å². The number of benzene rings is 1. The number of aromatic amines is 1. The number of nitrogens with zero attached hydrogens (tertiary/aromatic N) is 3. The summed E-state index contributed by atoms with van der Waals surface area (Å²) in [5.41, 5.74) is 2.19. The zero-order chi connectivity index (χ0) is 16.7. The van der Waals surface area contributed by atoms with Crippen LogP contribution >= 0.6 is 34.5 Å². The Kier molecular flexibility index (Phi) is 3.88. The van der Waals surface area contributed by atoms with Crippen LogP contribution in [0.25, 0.3) is 21.9 Å². The van der Waals surface area contributed by atoms with Gasteiger partial charge < -0.3 is 9.55 Å². The molecular weight excluding hydrogens is 365 g/mol. The number of aromatic nitrogens is 4. The number of imidazole rings is 1. The van der Waals surface area contributed by atoms with Crippen molar-refractivity contribution >= 4 is 45.7 Å². The number of H-pyrrole nitrogens is 1. The summed E-state index contributed by atoms with van der Waals surface area (Å²) in [4.78, 5) is 13.0. The molecule has 0 atom stereocenters. The third-order valence-electron chi connectivity index (χ3n) is 3.66. The lowest BCUT2D eigenvalue weighted by atomic mass is 10.2. The summed E-state index contributed by atoms with van der Waals surface area (Å²) in [5, 5.41) is 11.2. The number of halogens is 2. The summed E-state index contributed by atoms with van der Waals surface area (Å²) in [5.74, 6) is 0.723. The molecule has 5 nitrogen and oxygen atoms in total. The Morgan fingerprint density at radius 1 is 1.17 bits per heavy atom.